The molecular formula is C18H35. The molecule has 1 aliphatic carbocycles. The Hall–Kier alpha value is 0. The molecule has 0 aromatic carbocycles. The van der Waals surface area contributed by atoms with Crippen molar-refractivity contribution in [3.8, 4) is 0 Å². The molecule has 0 N–H and O–H groups in total. The Labute approximate surface area is 116 Å². The summed E-state index contributed by atoms with van der Waals surface area (Å²) in [7, 11) is 0. The summed E-state index contributed by atoms with van der Waals surface area (Å²) in [6, 6.07) is 0. The summed E-state index contributed by atoms with van der Waals surface area (Å²) >= 11 is 0. The van der Waals surface area contributed by atoms with Gasteiger partial charge in [-0.05, 0) is 49.9 Å². The average molecular weight is 251 g/mol. The number of hydrogen-bond acceptors (Lipinski definition) is 0. The van der Waals surface area contributed by atoms with E-state index in [-0.39, 0.29) is 0 Å². The number of rotatable bonds is 9. The van der Waals surface area contributed by atoms with Crippen LogP contribution in [0, 0.1) is 11.3 Å². The van der Waals surface area contributed by atoms with Gasteiger partial charge in [0.15, 0.2) is 0 Å². The van der Waals surface area contributed by atoms with Crippen molar-refractivity contribution in [1.29, 1.82) is 0 Å². The zero-order valence-electron chi connectivity index (χ0n) is 13.2. The van der Waals surface area contributed by atoms with Crippen molar-refractivity contribution in [2.24, 2.45) is 5.41 Å². The van der Waals surface area contributed by atoms with Gasteiger partial charge in [-0.2, -0.15) is 0 Å². The summed E-state index contributed by atoms with van der Waals surface area (Å²) in [5.41, 5.74) is 0.716. The molecule has 1 radical (unpaired) electrons. The van der Waals surface area contributed by atoms with E-state index in [1.807, 2.05) is 5.92 Å². The van der Waals surface area contributed by atoms with E-state index in [2.05, 4.69) is 20.8 Å². The fourth-order valence-electron chi connectivity index (χ4n) is 3.72. The molecule has 18 heavy (non-hydrogen) atoms. The molecule has 1 rings (SSSR count). The SMILES string of the molecule is CCCC[C]1CCCC(CCCC)(CCCC)C1. The van der Waals surface area contributed by atoms with Crippen LogP contribution in [0.3, 0.4) is 0 Å². The predicted molar refractivity (Wildman–Crippen MR) is 82.7 cm³/mol. The first kappa shape index (κ1) is 16.1. The lowest BCUT2D eigenvalue weighted by molar-refractivity contribution is 0.157. The van der Waals surface area contributed by atoms with Crippen molar-refractivity contribution in [1.82, 2.24) is 0 Å². The molecular weight excluding hydrogens is 216 g/mol. The highest BCUT2D eigenvalue weighted by Gasteiger charge is 2.34. The summed E-state index contributed by atoms with van der Waals surface area (Å²) < 4.78 is 0. The van der Waals surface area contributed by atoms with E-state index >= 15 is 0 Å². The highest BCUT2D eigenvalue weighted by molar-refractivity contribution is 5.01. The lowest BCUT2D eigenvalue weighted by Crippen LogP contribution is -2.28. The van der Waals surface area contributed by atoms with Gasteiger partial charge in [-0.1, -0.05) is 65.7 Å². The van der Waals surface area contributed by atoms with Crippen LogP contribution in [0.5, 0.6) is 0 Å². The van der Waals surface area contributed by atoms with Crippen molar-refractivity contribution in [2.75, 3.05) is 0 Å². The minimum atomic E-state index is 0.716. The average Bonchev–Trinajstić information content (AvgIpc) is 2.41. The Bertz CT molecular complexity index is 186. The van der Waals surface area contributed by atoms with Crippen LogP contribution in [0.15, 0.2) is 0 Å². The second kappa shape index (κ2) is 8.99. The zero-order valence-corrected chi connectivity index (χ0v) is 13.2. The monoisotopic (exact) mass is 251 g/mol. The molecule has 0 heterocycles. The van der Waals surface area contributed by atoms with Crippen LogP contribution >= 0.6 is 0 Å². The molecule has 0 atom stereocenters. The van der Waals surface area contributed by atoms with Crippen LogP contribution in [0.25, 0.3) is 0 Å². The molecule has 0 spiro atoms. The van der Waals surface area contributed by atoms with Gasteiger partial charge in [0.1, 0.15) is 0 Å². The Balaban J connectivity index is 2.51. The predicted octanol–water partition coefficient (Wildman–Crippen LogP) is 6.69. The smallest absolute Gasteiger partial charge is 0.0235 e. The third kappa shape index (κ3) is 5.33. The molecule has 0 unspecified atom stereocenters. The van der Waals surface area contributed by atoms with Crippen molar-refractivity contribution < 1.29 is 0 Å². The largest absolute Gasteiger partial charge is 0.0654 e. The van der Waals surface area contributed by atoms with Gasteiger partial charge in [-0.25, -0.2) is 0 Å². The molecule has 0 aliphatic heterocycles. The molecule has 1 saturated carbocycles. The summed E-state index contributed by atoms with van der Waals surface area (Å²) in [4.78, 5) is 0. The van der Waals surface area contributed by atoms with Crippen molar-refractivity contribution in [3.05, 3.63) is 5.92 Å². The van der Waals surface area contributed by atoms with Crippen LogP contribution < -0.4 is 0 Å². The molecule has 0 amide bonds. The standard InChI is InChI=1S/C18H35/c1-4-7-11-17-12-10-15-18(16-17,13-8-5-2)14-9-6-3/h4-16H2,1-3H3. The molecule has 1 fully saturated rings. The van der Waals surface area contributed by atoms with Crippen LogP contribution in [-0.4, -0.2) is 0 Å². The van der Waals surface area contributed by atoms with E-state index in [1.54, 1.807) is 0 Å². The van der Waals surface area contributed by atoms with Crippen LogP contribution in [0.2, 0.25) is 0 Å². The Morgan fingerprint density at radius 2 is 1.50 bits per heavy atom. The maximum Gasteiger partial charge on any atom is -0.0235 e. The van der Waals surface area contributed by atoms with Gasteiger partial charge >= 0.3 is 0 Å². The maximum atomic E-state index is 2.35. The van der Waals surface area contributed by atoms with Crippen LogP contribution in [-0.2, 0) is 0 Å². The van der Waals surface area contributed by atoms with E-state index in [0.717, 1.165) is 0 Å². The Morgan fingerprint density at radius 1 is 0.889 bits per heavy atom. The molecule has 0 heteroatoms. The summed E-state index contributed by atoms with van der Waals surface area (Å²) in [6.07, 6.45) is 18.8. The zero-order chi connectivity index (χ0) is 13.3. The van der Waals surface area contributed by atoms with Gasteiger partial charge in [-0.3, -0.25) is 0 Å². The highest BCUT2D eigenvalue weighted by Crippen LogP contribution is 2.48. The number of hydrogen-bond donors (Lipinski definition) is 0. The lowest BCUT2D eigenvalue weighted by Gasteiger charge is -2.41. The van der Waals surface area contributed by atoms with E-state index in [0.29, 0.717) is 5.41 Å². The second-order valence-corrected chi connectivity index (χ2v) is 6.59. The first-order valence-corrected chi connectivity index (χ1v) is 8.60. The number of unbranched alkanes of at least 4 members (excludes halogenated alkanes) is 3. The first-order valence-electron chi connectivity index (χ1n) is 8.60. The van der Waals surface area contributed by atoms with Gasteiger partial charge in [0.2, 0.25) is 0 Å². The molecule has 0 aromatic rings. The van der Waals surface area contributed by atoms with E-state index in [4.69, 9.17) is 0 Å². The molecule has 0 aromatic heterocycles. The van der Waals surface area contributed by atoms with E-state index in [9.17, 15) is 0 Å². The molecule has 107 valence electrons. The molecule has 1 aliphatic rings. The second-order valence-electron chi connectivity index (χ2n) is 6.59. The van der Waals surface area contributed by atoms with Gasteiger partial charge in [-0.15, -0.1) is 0 Å². The van der Waals surface area contributed by atoms with Crippen molar-refractivity contribution in [2.45, 2.75) is 104 Å². The van der Waals surface area contributed by atoms with Gasteiger partial charge in [0, 0.05) is 0 Å². The maximum absolute atomic E-state index is 2.35. The highest BCUT2D eigenvalue weighted by atomic mass is 14.4. The summed E-state index contributed by atoms with van der Waals surface area (Å²) in [5, 5.41) is 0. The van der Waals surface area contributed by atoms with E-state index < -0.39 is 0 Å². The minimum Gasteiger partial charge on any atom is -0.0654 e. The first-order chi connectivity index (χ1) is 8.76. The molecule has 0 saturated heterocycles. The van der Waals surface area contributed by atoms with E-state index in [1.165, 1.54) is 83.5 Å². The van der Waals surface area contributed by atoms with Crippen LogP contribution in [0.4, 0.5) is 0 Å². The van der Waals surface area contributed by atoms with Gasteiger partial charge in [0.25, 0.3) is 0 Å². The third-order valence-electron chi connectivity index (χ3n) is 4.87. The Kier molecular flexibility index (Phi) is 8.02. The third-order valence-corrected chi connectivity index (χ3v) is 4.87. The Morgan fingerprint density at radius 3 is 2.06 bits per heavy atom. The van der Waals surface area contributed by atoms with Crippen molar-refractivity contribution >= 4 is 0 Å². The van der Waals surface area contributed by atoms with Crippen LogP contribution in [0.1, 0.15) is 104 Å². The fraction of sp³-hybridized carbons (Fsp3) is 0.944. The fourth-order valence-corrected chi connectivity index (χ4v) is 3.72. The topological polar surface area (TPSA) is 0 Å². The minimum absolute atomic E-state index is 0.716. The molecule has 0 bridgehead atoms. The lowest BCUT2D eigenvalue weighted by atomic mass is 9.64. The summed E-state index contributed by atoms with van der Waals surface area (Å²) in [6.45, 7) is 7.01. The van der Waals surface area contributed by atoms with Gasteiger partial charge < -0.3 is 0 Å². The van der Waals surface area contributed by atoms with Gasteiger partial charge in [0.05, 0.1) is 0 Å². The quantitative estimate of drug-likeness (QED) is 0.428. The summed E-state index contributed by atoms with van der Waals surface area (Å²) in [5.74, 6) is 1.91. The van der Waals surface area contributed by atoms with Crippen molar-refractivity contribution in [3.63, 3.8) is 0 Å². The molecule has 0 nitrogen and oxygen atoms in total. The normalized spacial score (nSPS) is 20.2.